The molecule has 0 aliphatic heterocycles. The van der Waals surface area contributed by atoms with Gasteiger partial charge in [0.25, 0.3) is 0 Å². The summed E-state index contributed by atoms with van der Waals surface area (Å²) in [5.74, 6) is 0.765. The third kappa shape index (κ3) is 2.87. The first kappa shape index (κ1) is 12.6. The smallest absolute Gasteiger partial charge is 0.121 e. The number of pyridine rings is 1. The van der Waals surface area contributed by atoms with E-state index < -0.39 is 6.10 Å². The van der Waals surface area contributed by atoms with Crippen molar-refractivity contribution < 1.29 is 9.84 Å². The van der Waals surface area contributed by atoms with E-state index in [1.165, 1.54) is 0 Å². The van der Waals surface area contributed by atoms with E-state index in [1.807, 2.05) is 50.2 Å². The minimum absolute atomic E-state index is 0.613. The van der Waals surface area contributed by atoms with Gasteiger partial charge in [-0.15, -0.1) is 0 Å². The zero-order valence-electron chi connectivity index (χ0n) is 10.6. The molecule has 94 valence electrons. The van der Waals surface area contributed by atoms with Crippen molar-refractivity contribution in [3.8, 4) is 5.75 Å². The number of aliphatic hydroxyl groups is 1. The molecule has 0 spiro atoms. The molecule has 1 aromatic carbocycles. The van der Waals surface area contributed by atoms with Crippen LogP contribution in [0.15, 0.2) is 42.6 Å². The number of hydrogen-bond donors (Lipinski definition) is 1. The summed E-state index contributed by atoms with van der Waals surface area (Å²) in [6, 6.07) is 11.2. The fourth-order valence-electron chi connectivity index (χ4n) is 1.75. The lowest BCUT2D eigenvalue weighted by atomic mass is 10.1. The van der Waals surface area contributed by atoms with Crippen molar-refractivity contribution in [2.24, 2.45) is 0 Å². The van der Waals surface area contributed by atoms with Crippen LogP contribution in [0.1, 0.15) is 29.8 Å². The van der Waals surface area contributed by atoms with Gasteiger partial charge in [-0.1, -0.05) is 18.2 Å². The molecular weight excluding hydrogens is 226 g/mol. The monoisotopic (exact) mass is 243 g/mol. The molecule has 1 N–H and O–H groups in total. The summed E-state index contributed by atoms with van der Waals surface area (Å²) >= 11 is 0. The van der Waals surface area contributed by atoms with Gasteiger partial charge in [0, 0.05) is 6.20 Å². The Labute approximate surface area is 107 Å². The number of aryl methyl sites for hydroxylation is 1. The molecule has 0 fully saturated rings. The molecule has 0 amide bonds. The Bertz CT molecular complexity index is 508. The van der Waals surface area contributed by atoms with Crippen LogP contribution >= 0.6 is 0 Å². The van der Waals surface area contributed by atoms with Crippen molar-refractivity contribution in [3.63, 3.8) is 0 Å². The van der Waals surface area contributed by atoms with E-state index in [1.54, 1.807) is 6.20 Å². The van der Waals surface area contributed by atoms with Gasteiger partial charge in [-0.2, -0.15) is 0 Å². The van der Waals surface area contributed by atoms with Crippen LogP contribution in [0.4, 0.5) is 0 Å². The average molecular weight is 243 g/mol. The van der Waals surface area contributed by atoms with Gasteiger partial charge in [-0.3, -0.25) is 4.98 Å². The Kier molecular flexibility index (Phi) is 3.95. The molecule has 0 aliphatic carbocycles. The quantitative estimate of drug-likeness (QED) is 0.897. The zero-order chi connectivity index (χ0) is 13.0. The molecule has 0 bridgehead atoms. The van der Waals surface area contributed by atoms with Gasteiger partial charge in [0.05, 0.1) is 12.3 Å². The van der Waals surface area contributed by atoms with Crippen molar-refractivity contribution in [1.82, 2.24) is 4.98 Å². The van der Waals surface area contributed by atoms with Crippen LogP contribution in [0.25, 0.3) is 0 Å². The molecule has 1 atom stereocenters. The largest absolute Gasteiger partial charge is 0.494 e. The maximum Gasteiger partial charge on any atom is 0.121 e. The molecule has 0 radical (unpaired) electrons. The second kappa shape index (κ2) is 5.65. The van der Waals surface area contributed by atoms with Crippen molar-refractivity contribution in [2.45, 2.75) is 20.0 Å². The Balaban J connectivity index is 2.24. The summed E-state index contributed by atoms with van der Waals surface area (Å²) in [6.07, 6.45) is 1.04. The van der Waals surface area contributed by atoms with E-state index >= 15 is 0 Å². The van der Waals surface area contributed by atoms with E-state index in [0.717, 1.165) is 16.9 Å². The van der Waals surface area contributed by atoms with Crippen LogP contribution < -0.4 is 4.74 Å². The molecule has 3 nitrogen and oxygen atoms in total. The predicted octanol–water partition coefficient (Wildman–Crippen LogP) is 2.87. The summed E-state index contributed by atoms with van der Waals surface area (Å²) in [5, 5.41) is 10.3. The fraction of sp³-hybridized carbons (Fsp3) is 0.267. The topological polar surface area (TPSA) is 42.4 Å². The SMILES string of the molecule is CCOc1cccc(C(O)c2ccc(C)cn2)c1. The third-order valence-corrected chi connectivity index (χ3v) is 2.70. The first-order valence-corrected chi connectivity index (χ1v) is 6.04. The standard InChI is InChI=1S/C15H17NO2/c1-3-18-13-6-4-5-12(9-13)15(17)14-8-7-11(2)10-16-14/h4-10,15,17H,3H2,1-2H3. The number of rotatable bonds is 4. The lowest BCUT2D eigenvalue weighted by molar-refractivity contribution is 0.214. The van der Waals surface area contributed by atoms with Gasteiger partial charge in [-0.05, 0) is 43.2 Å². The van der Waals surface area contributed by atoms with Crippen molar-refractivity contribution in [2.75, 3.05) is 6.61 Å². The van der Waals surface area contributed by atoms with Gasteiger partial charge in [0.1, 0.15) is 11.9 Å². The summed E-state index contributed by atoms with van der Waals surface area (Å²) in [6.45, 7) is 4.52. The highest BCUT2D eigenvalue weighted by molar-refractivity contribution is 5.33. The summed E-state index contributed by atoms with van der Waals surface area (Å²) < 4.78 is 5.42. The summed E-state index contributed by atoms with van der Waals surface area (Å²) in [5.41, 5.74) is 2.51. The van der Waals surface area contributed by atoms with E-state index in [2.05, 4.69) is 4.98 Å². The minimum Gasteiger partial charge on any atom is -0.494 e. The number of aromatic nitrogens is 1. The van der Waals surface area contributed by atoms with E-state index in [9.17, 15) is 5.11 Å². The van der Waals surface area contributed by atoms with E-state index in [0.29, 0.717) is 12.3 Å². The molecule has 0 aliphatic rings. The molecule has 2 rings (SSSR count). The maximum absolute atomic E-state index is 10.3. The Hall–Kier alpha value is -1.87. The maximum atomic E-state index is 10.3. The first-order chi connectivity index (χ1) is 8.70. The van der Waals surface area contributed by atoms with Gasteiger partial charge in [-0.25, -0.2) is 0 Å². The zero-order valence-corrected chi connectivity index (χ0v) is 10.6. The molecule has 3 heteroatoms. The van der Waals surface area contributed by atoms with Crippen molar-refractivity contribution in [1.29, 1.82) is 0 Å². The molecular formula is C15H17NO2. The van der Waals surface area contributed by atoms with Gasteiger partial charge < -0.3 is 9.84 Å². The number of ether oxygens (including phenoxy) is 1. The van der Waals surface area contributed by atoms with Crippen molar-refractivity contribution >= 4 is 0 Å². The third-order valence-electron chi connectivity index (χ3n) is 2.70. The van der Waals surface area contributed by atoms with E-state index in [-0.39, 0.29) is 0 Å². The lowest BCUT2D eigenvalue weighted by Gasteiger charge is -2.12. The van der Waals surface area contributed by atoms with Gasteiger partial charge in [0.2, 0.25) is 0 Å². The minimum atomic E-state index is -0.717. The molecule has 0 saturated carbocycles. The summed E-state index contributed by atoms with van der Waals surface area (Å²) in [4.78, 5) is 4.24. The highest BCUT2D eigenvalue weighted by atomic mass is 16.5. The molecule has 0 saturated heterocycles. The molecule has 1 heterocycles. The van der Waals surface area contributed by atoms with Crippen LogP contribution in [0.3, 0.4) is 0 Å². The van der Waals surface area contributed by atoms with Crippen molar-refractivity contribution in [3.05, 3.63) is 59.4 Å². The normalized spacial score (nSPS) is 12.2. The van der Waals surface area contributed by atoms with E-state index in [4.69, 9.17) is 4.74 Å². The molecule has 1 unspecified atom stereocenters. The summed E-state index contributed by atoms with van der Waals surface area (Å²) in [7, 11) is 0. The first-order valence-electron chi connectivity index (χ1n) is 6.04. The van der Waals surface area contributed by atoms with Crippen LogP contribution in [0, 0.1) is 6.92 Å². The number of aliphatic hydroxyl groups excluding tert-OH is 1. The number of benzene rings is 1. The van der Waals surface area contributed by atoms with Crippen LogP contribution in [0.5, 0.6) is 5.75 Å². The Morgan fingerprint density at radius 3 is 2.78 bits per heavy atom. The Morgan fingerprint density at radius 1 is 1.28 bits per heavy atom. The predicted molar refractivity (Wildman–Crippen MR) is 70.6 cm³/mol. The average Bonchev–Trinajstić information content (AvgIpc) is 2.39. The Morgan fingerprint density at radius 2 is 2.11 bits per heavy atom. The van der Waals surface area contributed by atoms with Gasteiger partial charge in [0.15, 0.2) is 0 Å². The molecule has 18 heavy (non-hydrogen) atoms. The number of hydrogen-bond acceptors (Lipinski definition) is 3. The van der Waals surface area contributed by atoms with Crippen LogP contribution in [-0.4, -0.2) is 16.7 Å². The fourth-order valence-corrected chi connectivity index (χ4v) is 1.75. The molecule has 1 aromatic heterocycles. The number of nitrogens with zero attached hydrogens (tertiary/aromatic N) is 1. The van der Waals surface area contributed by atoms with Gasteiger partial charge >= 0.3 is 0 Å². The second-order valence-electron chi connectivity index (χ2n) is 4.17. The molecule has 2 aromatic rings. The van der Waals surface area contributed by atoms with Crippen LogP contribution in [-0.2, 0) is 0 Å². The van der Waals surface area contributed by atoms with Crippen LogP contribution in [0.2, 0.25) is 0 Å². The lowest BCUT2D eigenvalue weighted by Crippen LogP contribution is -2.03. The highest BCUT2D eigenvalue weighted by Gasteiger charge is 2.12. The second-order valence-corrected chi connectivity index (χ2v) is 4.17. The highest BCUT2D eigenvalue weighted by Crippen LogP contribution is 2.23.